The number of fused-ring (bicyclic) bond motifs is 1. The van der Waals surface area contributed by atoms with E-state index in [2.05, 4.69) is 16.2 Å². The van der Waals surface area contributed by atoms with Gasteiger partial charge in [-0.3, -0.25) is 0 Å². The zero-order valence-electron chi connectivity index (χ0n) is 9.28. The van der Waals surface area contributed by atoms with Crippen LogP contribution in [0.25, 0.3) is 17.0 Å². The second-order valence-corrected chi connectivity index (χ2v) is 3.75. The van der Waals surface area contributed by atoms with Gasteiger partial charge in [-0.1, -0.05) is 12.1 Å². The number of rotatable bonds is 1. The number of hydrogen-bond donors (Lipinski definition) is 1. The maximum Gasteiger partial charge on any atom is 0.185 e. The molecule has 0 atom stereocenters. The van der Waals surface area contributed by atoms with Crippen LogP contribution in [0.2, 0.25) is 0 Å². The molecule has 1 N–H and O–H groups in total. The van der Waals surface area contributed by atoms with Crippen molar-refractivity contribution in [2.45, 2.75) is 0 Å². The van der Waals surface area contributed by atoms with Crippen LogP contribution in [0.3, 0.4) is 0 Å². The first-order valence-corrected chi connectivity index (χ1v) is 5.33. The summed E-state index contributed by atoms with van der Waals surface area (Å²) < 4.78 is 1.53. The number of para-hydroxylation sites is 1. The molecule has 0 saturated carbocycles. The van der Waals surface area contributed by atoms with E-state index in [9.17, 15) is 5.11 Å². The first-order chi connectivity index (χ1) is 8.79. The van der Waals surface area contributed by atoms with Gasteiger partial charge in [-0.05, 0) is 24.3 Å². The van der Waals surface area contributed by atoms with Crippen LogP contribution in [-0.4, -0.2) is 19.7 Å². The topological polar surface area (TPSA) is 74.2 Å². The molecule has 5 nitrogen and oxygen atoms in total. The number of benzene rings is 1. The summed E-state index contributed by atoms with van der Waals surface area (Å²) >= 11 is 0. The van der Waals surface area contributed by atoms with E-state index in [-0.39, 0.29) is 5.75 Å². The lowest BCUT2D eigenvalue weighted by Gasteiger charge is -1.97. The van der Waals surface area contributed by atoms with Crippen LogP contribution in [0, 0.1) is 11.3 Å². The number of phenols is 1. The van der Waals surface area contributed by atoms with E-state index in [1.165, 1.54) is 4.52 Å². The Balaban J connectivity index is 2.27. The van der Waals surface area contributed by atoms with Gasteiger partial charge in [0, 0.05) is 6.20 Å². The third-order valence-electron chi connectivity index (χ3n) is 2.63. The Labute approximate surface area is 103 Å². The fourth-order valence-corrected chi connectivity index (χ4v) is 1.77. The Morgan fingerprint density at radius 1 is 1.17 bits per heavy atom. The van der Waals surface area contributed by atoms with Gasteiger partial charge < -0.3 is 5.11 Å². The number of aromatic nitrogens is 3. The zero-order valence-corrected chi connectivity index (χ0v) is 9.28. The molecule has 0 fully saturated rings. The number of phenolic OH excluding ortho intramolecular Hbond substituents is 1. The van der Waals surface area contributed by atoms with Crippen LogP contribution in [-0.2, 0) is 0 Å². The lowest BCUT2D eigenvalue weighted by Crippen LogP contribution is -1.88. The summed E-state index contributed by atoms with van der Waals surface area (Å²) in [6.07, 6.45) is 1.71. The molecule has 18 heavy (non-hydrogen) atoms. The molecular weight excluding hydrogens is 228 g/mol. The van der Waals surface area contributed by atoms with E-state index < -0.39 is 0 Å². The third kappa shape index (κ3) is 1.48. The molecule has 2 heterocycles. The molecule has 3 rings (SSSR count). The molecule has 0 unspecified atom stereocenters. The first-order valence-electron chi connectivity index (χ1n) is 5.33. The lowest BCUT2D eigenvalue weighted by atomic mass is 10.2. The van der Waals surface area contributed by atoms with Gasteiger partial charge in [0.25, 0.3) is 0 Å². The number of aromatic hydroxyl groups is 1. The molecule has 0 saturated heterocycles. The van der Waals surface area contributed by atoms with Crippen molar-refractivity contribution in [2.24, 2.45) is 0 Å². The van der Waals surface area contributed by atoms with E-state index in [1.807, 2.05) is 0 Å². The molecule has 2 aromatic heterocycles. The average Bonchev–Trinajstić information content (AvgIpc) is 2.82. The van der Waals surface area contributed by atoms with Crippen molar-refractivity contribution < 1.29 is 5.11 Å². The monoisotopic (exact) mass is 236 g/mol. The molecule has 5 heteroatoms. The highest BCUT2D eigenvalue weighted by molar-refractivity contribution is 5.67. The summed E-state index contributed by atoms with van der Waals surface area (Å²) in [5, 5.41) is 23.0. The molecule has 3 aromatic rings. The molecule has 0 radical (unpaired) electrons. The van der Waals surface area contributed by atoms with Gasteiger partial charge in [0.1, 0.15) is 11.8 Å². The highest BCUT2D eigenvalue weighted by Gasteiger charge is 2.11. The van der Waals surface area contributed by atoms with Crippen molar-refractivity contribution >= 4 is 5.65 Å². The molecule has 0 bridgehead atoms. The Bertz CT molecular complexity index is 770. The molecular formula is C13H8N4O. The summed E-state index contributed by atoms with van der Waals surface area (Å²) in [5.74, 6) is 0.516. The van der Waals surface area contributed by atoms with E-state index in [4.69, 9.17) is 5.26 Å². The second kappa shape index (κ2) is 3.86. The van der Waals surface area contributed by atoms with E-state index in [0.29, 0.717) is 22.6 Å². The van der Waals surface area contributed by atoms with Gasteiger partial charge in [-0.25, -0.2) is 9.50 Å². The van der Waals surface area contributed by atoms with Gasteiger partial charge >= 0.3 is 0 Å². The van der Waals surface area contributed by atoms with Gasteiger partial charge in [0.05, 0.1) is 11.1 Å². The predicted molar refractivity (Wildman–Crippen MR) is 64.8 cm³/mol. The van der Waals surface area contributed by atoms with Crippen molar-refractivity contribution in [1.29, 1.82) is 5.26 Å². The van der Waals surface area contributed by atoms with Crippen LogP contribution < -0.4 is 0 Å². The quantitative estimate of drug-likeness (QED) is 0.701. The predicted octanol–water partition coefficient (Wildman–Crippen LogP) is 1.97. The van der Waals surface area contributed by atoms with Crippen LogP contribution in [0.15, 0.2) is 42.6 Å². The van der Waals surface area contributed by atoms with E-state index in [1.54, 1.807) is 42.6 Å². The summed E-state index contributed by atoms with van der Waals surface area (Å²) in [5.41, 5.74) is 1.48. The van der Waals surface area contributed by atoms with Crippen LogP contribution in [0.1, 0.15) is 5.56 Å². The summed E-state index contributed by atoms with van der Waals surface area (Å²) in [6, 6.07) is 12.3. The Morgan fingerprint density at radius 3 is 2.78 bits per heavy atom. The average molecular weight is 236 g/mol. The Kier molecular flexibility index (Phi) is 2.21. The Morgan fingerprint density at radius 2 is 2.00 bits per heavy atom. The molecule has 0 aliphatic carbocycles. The standard InChI is InChI=1S/C13H8N4O/c14-8-9-4-3-7-17-13(9)15-12(16-17)10-5-1-2-6-11(10)18/h1-7,18H. The zero-order chi connectivity index (χ0) is 12.5. The van der Waals surface area contributed by atoms with E-state index in [0.717, 1.165) is 0 Å². The maximum absolute atomic E-state index is 9.76. The third-order valence-corrected chi connectivity index (χ3v) is 2.63. The van der Waals surface area contributed by atoms with Gasteiger partial charge in [0.2, 0.25) is 0 Å². The maximum atomic E-state index is 9.76. The number of nitriles is 1. The molecule has 0 amide bonds. The fourth-order valence-electron chi connectivity index (χ4n) is 1.77. The van der Waals surface area contributed by atoms with Crippen LogP contribution in [0.5, 0.6) is 5.75 Å². The van der Waals surface area contributed by atoms with Crippen molar-refractivity contribution in [1.82, 2.24) is 14.6 Å². The molecule has 0 aliphatic rings. The number of pyridine rings is 1. The SMILES string of the molecule is N#Cc1cccn2nc(-c3ccccc3O)nc12. The minimum atomic E-state index is 0.118. The Hall–Kier alpha value is -2.87. The van der Waals surface area contributed by atoms with Gasteiger partial charge in [0.15, 0.2) is 11.5 Å². The summed E-state index contributed by atoms with van der Waals surface area (Å²) in [6.45, 7) is 0. The molecule has 0 spiro atoms. The van der Waals surface area contributed by atoms with E-state index >= 15 is 0 Å². The lowest BCUT2D eigenvalue weighted by molar-refractivity contribution is 0.477. The summed E-state index contributed by atoms with van der Waals surface area (Å²) in [7, 11) is 0. The fraction of sp³-hybridized carbons (Fsp3) is 0. The van der Waals surface area contributed by atoms with Gasteiger partial charge in [-0.2, -0.15) is 5.26 Å². The normalized spacial score (nSPS) is 10.4. The molecule has 1 aromatic carbocycles. The van der Waals surface area contributed by atoms with Crippen LogP contribution >= 0.6 is 0 Å². The smallest absolute Gasteiger partial charge is 0.185 e. The van der Waals surface area contributed by atoms with Crippen LogP contribution in [0.4, 0.5) is 0 Å². The van der Waals surface area contributed by atoms with Crippen molar-refractivity contribution in [2.75, 3.05) is 0 Å². The molecule has 86 valence electrons. The van der Waals surface area contributed by atoms with Crippen molar-refractivity contribution in [3.8, 4) is 23.2 Å². The molecule has 0 aliphatic heterocycles. The number of nitrogens with zero attached hydrogens (tertiary/aromatic N) is 4. The minimum absolute atomic E-state index is 0.118. The first kappa shape index (κ1) is 10.3. The second-order valence-electron chi connectivity index (χ2n) is 3.75. The largest absolute Gasteiger partial charge is 0.507 e. The highest BCUT2D eigenvalue weighted by atomic mass is 16.3. The van der Waals surface area contributed by atoms with Gasteiger partial charge in [-0.15, -0.1) is 5.10 Å². The highest BCUT2D eigenvalue weighted by Crippen LogP contribution is 2.26. The summed E-state index contributed by atoms with van der Waals surface area (Å²) in [4.78, 5) is 4.28. The van der Waals surface area contributed by atoms with Crippen molar-refractivity contribution in [3.05, 3.63) is 48.2 Å². The van der Waals surface area contributed by atoms with Crippen molar-refractivity contribution in [3.63, 3.8) is 0 Å². The minimum Gasteiger partial charge on any atom is -0.507 e. The number of hydrogen-bond acceptors (Lipinski definition) is 4.